The van der Waals surface area contributed by atoms with Gasteiger partial charge in [-0.25, -0.2) is 9.97 Å². The van der Waals surface area contributed by atoms with Crippen molar-refractivity contribution in [3.8, 4) is 5.75 Å². The summed E-state index contributed by atoms with van der Waals surface area (Å²) in [5.74, 6) is 1.85. The van der Waals surface area contributed by atoms with Gasteiger partial charge in [-0.1, -0.05) is 13.8 Å². The molecule has 7 nitrogen and oxygen atoms in total. The van der Waals surface area contributed by atoms with Gasteiger partial charge >= 0.3 is 0 Å². The van der Waals surface area contributed by atoms with Crippen molar-refractivity contribution in [2.75, 3.05) is 30.4 Å². The Hall–Kier alpha value is -3.35. The van der Waals surface area contributed by atoms with E-state index in [1.165, 1.54) is 0 Å². The van der Waals surface area contributed by atoms with Crippen molar-refractivity contribution in [3.63, 3.8) is 0 Å². The Balaban J connectivity index is 0.00000112. The van der Waals surface area contributed by atoms with E-state index in [1.807, 2.05) is 27.0 Å². The fourth-order valence-corrected chi connectivity index (χ4v) is 4.20. The van der Waals surface area contributed by atoms with E-state index in [-0.39, 0.29) is 0 Å². The third-order valence-electron chi connectivity index (χ3n) is 5.66. The minimum Gasteiger partial charge on any atom is -0.496 e. The average molecular weight is 419 g/mol. The lowest BCUT2D eigenvalue weighted by Crippen LogP contribution is -2.42. The quantitative estimate of drug-likeness (QED) is 0.489. The lowest BCUT2D eigenvalue weighted by atomic mass is 10.0. The number of rotatable bonds is 4. The molecule has 31 heavy (non-hydrogen) atoms. The van der Waals surface area contributed by atoms with Gasteiger partial charge in [-0.3, -0.25) is 5.10 Å². The summed E-state index contributed by atoms with van der Waals surface area (Å²) < 4.78 is 5.53. The molecule has 1 atom stereocenters. The zero-order valence-corrected chi connectivity index (χ0v) is 18.6. The summed E-state index contributed by atoms with van der Waals surface area (Å²) in [5.41, 5.74) is 4.21. The monoisotopic (exact) mass is 418 g/mol. The number of nitrogens with zero attached hydrogens (tertiary/aromatic N) is 4. The number of aryl methyl sites for hydroxylation is 1. The van der Waals surface area contributed by atoms with Crippen molar-refractivity contribution in [1.82, 2.24) is 20.2 Å². The number of aromatic amines is 1. The molecular weight excluding hydrogens is 388 g/mol. The Morgan fingerprint density at radius 2 is 2.03 bits per heavy atom. The predicted octanol–water partition coefficient (Wildman–Crippen LogP) is 4.93. The van der Waals surface area contributed by atoms with Crippen LogP contribution in [0.1, 0.15) is 32.3 Å². The Labute approximate surface area is 182 Å². The van der Waals surface area contributed by atoms with Crippen LogP contribution in [0.5, 0.6) is 5.75 Å². The van der Waals surface area contributed by atoms with Crippen LogP contribution in [0.25, 0.3) is 21.8 Å². The third-order valence-corrected chi connectivity index (χ3v) is 5.66. The maximum Gasteiger partial charge on any atom is 0.140 e. The van der Waals surface area contributed by atoms with E-state index in [2.05, 4.69) is 60.7 Å². The number of nitrogens with one attached hydrogen (secondary N) is 2. The number of H-pyrrole nitrogens is 1. The molecule has 2 aromatic carbocycles. The van der Waals surface area contributed by atoms with Crippen molar-refractivity contribution in [3.05, 3.63) is 48.4 Å². The first-order valence-electron chi connectivity index (χ1n) is 11.0. The number of hydrogen-bond acceptors (Lipinski definition) is 6. The minimum absolute atomic E-state index is 0.352. The fraction of sp³-hybridized carbons (Fsp3) is 0.375. The Morgan fingerprint density at radius 3 is 2.87 bits per heavy atom. The van der Waals surface area contributed by atoms with E-state index >= 15 is 0 Å². The fourth-order valence-electron chi connectivity index (χ4n) is 4.20. The number of fused-ring (bicyclic) bond motifs is 2. The van der Waals surface area contributed by atoms with Crippen LogP contribution in [-0.2, 0) is 0 Å². The number of benzene rings is 2. The van der Waals surface area contributed by atoms with Crippen LogP contribution in [0, 0.1) is 6.92 Å². The molecule has 0 saturated carbocycles. The van der Waals surface area contributed by atoms with Gasteiger partial charge in [0.25, 0.3) is 0 Å². The van der Waals surface area contributed by atoms with Crippen LogP contribution < -0.4 is 15.0 Å². The maximum atomic E-state index is 5.53. The van der Waals surface area contributed by atoms with Crippen molar-refractivity contribution in [2.45, 2.75) is 39.7 Å². The van der Waals surface area contributed by atoms with Gasteiger partial charge in [0, 0.05) is 35.6 Å². The molecule has 2 aromatic heterocycles. The maximum absolute atomic E-state index is 5.53. The number of piperidine rings is 1. The van der Waals surface area contributed by atoms with Gasteiger partial charge in [0.05, 0.1) is 24.3 Å². The van der Waals surface area contributed by atoms with E-state index in [9.17, 15) is 0 Å². The molecular formula is C24H30N6O. The zero-order valence-electron chi connectivity index (χ0n) is 18.6. The standard InChI is InChI=1S/C22H24N6O.C2H6/c1-14-8-20-18(10-21(14)29-2)22(24-13-23-20)28-7-3-4-17(12-28)26-16-5-6-19-15(9-16)11-25-27-19;1-2/h5-6,8-11,13,17,26H,3-4,7,12H2,1-2H3,(H,25,27);1-2H3. The van der Waals surface area contributed by atoms with E-state index in [4.69, 9.17) is 4.74 Å². The van der Waals surface area contributed by atoms with Crippen LogP contribution >= 0.6 is 0 Å². The summed E-state index contributed by atoms with van der Waals surface area (Å²) in [4.78, 5) is 11.5. The largest absolute Gasteiger partial charge is 0.496 e. The predicted molar refractivity (Wildman–Crippen MR) is 127 cm³/mol. The Bertz CT molecular complexity index is 1170. The van der Waals surface area contributed by atoms with Crippen LogP contribution in [0.4, 0.5) is 11.5 Å². The normalized spacial score (nSPS) is 16.1. The molecule has 0 radical (unpaired) electrons. The highest BCUT2D eigenvalue weighted by molar-refractivity contribution is 5.91. The second-order valence-electron chi connectivity index (χ2n) is 7.64. The van der Waals surface area contributed by atoms with Gasteiger partial charge in [-0.2, -0.15) is 5.10 Å². The number of aromatic nitrogens is 4. The Morgan fingerprint density at radius 1 is 1.16 bits per heavy atom. The van der Waals surface area contributed by atoms with Gasteiger partial charge < -0.3 is 15.0 Å². The molecule has 1 saturated heterocycles. The van der Waals surface area contributed by atoms with Gasteiger partial charge in [-0.15, -0.1) is 0 Å². The molecule has 0 amide bonds. The third kappa shape index (κ3) is 4.26. The lowest BCUT2D eigenvalue weighted by molar-refractivity contribution is 0.412. The molecule has 0 aliphatic carbocycles. The highest BCUT2D eigenvalue weighted by atomic mass is 16.5. The van der Waals surface area contributed by atoms with Crippen molar-refractivity contribution >= 4 is 33.3 Å². The number of hydrogen-bond donors (Lipinski definition) is 2. The second kappa shape index (κ2) is 9.20. The van der Waals surface area contributed by atoms with E-state index in [0.717, 1.165) is 70.6 Å². The van der Waals surface area contributed by atoms with Crippen LogP contribution in [-0.4, -0.2) is 46.4 Å². The van der Waals surface area contributed by atoms with Gasteiger partial charge in [0.15, 0.2) is 0 Å². The van der Waals surface area contributed by atoms with Crippen molar-refractivity contribution < 1.29 is 4.74 Å². The van der Waals surface area contributed by atoms with E-state index < -0.39 is 0 Å². The molecule has 1 fully saturated rings. The summed E-state index contributed by atoms with van der Waals surface area (Å²) >= 11 is 0. The van der Waals surface area contributed by atoms with Crippen molar-refractivity contribution in [1.29, 1.82) is 0 Å². The summed E-state index contributed by atoms with van der Waals surface area (Å²) in [6.07, 6.45) is 5.76. The lowest BCUT2D eigenvalue weighted by Gasteiger charge is -2.35. The molecule has 1 unspecified atom stereocenters. The highest BCUT2D eigenvalue weighted by Crippen LogP contribution is 2.31. The van der Waals surface area contributed by atoms with Gasteiger partial charge in [0.2, 0.25) is 0 Å². The molecule has 0 bridgehead atoms. The molecule has 1 aliphatic heterocycles. The van der Waals surface area contributed by atoms with Crippen molar-refractivity contribution in [2.24, 2.45) is 0 Å². The SMILES string of the molecule is CC.COc1cc2c(N3CCCC(Nc4ccc5[nH]ncc5c4)C3)ncnc2cc1C. The van der Waals surface area contributed by atoms with Crippen LogP contribution in [0.3, 0.4) is 0 Å². The topological polar surface area (TPSA) is 79.0 Å². The molecule has 7 heteroatoms. The van der Waals surface area contributed by atoms with Crippen LogP contribution in [0.2, 0.25) is 0 Å². The summed E-state index contributed by atoms with van der Waals surface area (Å²) in [7, 11) is 1.70. The summed E-state index contributed by atoms with van der Waals surface area (Å²) in [5, 5.41) is 12.9. The molecule has 5 rings (SSSR count). The molecule has 162 valence electrons. The summed E-state index contributed by atoms with van der Waals surface area (Å²) in [6, 6.07) is 10.8. The first kappa shape index (κ1) is 20.9. The number of anilines is 2. The van der Waals surface area contributed by atoms with Gasteiger partial charge in [0.1, 0.15) is 17.9 Å². The van der Waals surface area contributed by atoms with E-state index in [1.54, 1.807) is 13.4 Å². The molecule has 3 heterocycles. The highest BCUT2D eigenvalue weighted by Gasteiger charge is 2.23. The first-order chi connectivity index (χ1) is 15.2. The molecule has 2 N–H and O–H groups in total. The average Bonchev–Trinajstić information content (AvgIpc) is 3.27. The molecule has 0 spiro atoms. The minimum atomic E-state index is 0.352. The van der Waals surface area contributed by atoms with E-state index in [0.29, 0.717) is 6.04 Å². The Kier molecular flexibility index (Phi) is 6.21. The number of methoxy groups -OCH3 is 1. The van der Waals surface area contributed by atoms with Crippen LogP contribution in [0.15, 0.2) is 42.9 Å². The summed E-state index contributed by atoms with van der Waals surface area (Å²) in [6.45, 7) is 7.92. The molecule has 1 aliphatic rings. The first-order valence-corrected chi connectivity index (χ1v) is 11.0. The smallest absolute Gasteiger partial charge is 0.140 e. The second-order valence-corrected chi connectivity index (χ2v) is 7.64. The number of ether oxygens (including phenoxy) is 1. The zero-order chi connectivity index (χ0) is 21.8. The van der Waals surface area contributed by atoms with Gasteiger partial charge in [-0.05, 0) is 55.7 Å². The molecule has 4 aromatic rings.